The Morgan fingerprint density at radius 2 is 1.35 bits per heavy atom. The lowest BCUT2D eigenvalue weighted by Crippen LogP contribution is -2.20. The van der Waals surface area contributed by atoms with E-state index >= 15 is 0 Å². The van der Waals surface area contributed by atoms with E-state index in [-0.39, 0.29) is 6.35 Å². The highest BCUT2D eigenvalue weighted by Crippen LogP contribution is 2.43. The second-order valence-electron chi connectivity index (χ2n) is 4.44. The molecule has 0 heterocycles. The molecule has 4 heteroatoms. The standard InChI is InChI=1S/C16H19O3P/c1-18-12-13-19-14-20(17,15-8-4-2-5-9-15)16-10-6-3-7-11-16/h2-11H,12-14H2,1H3. The van der Waals surface area contributed by atoms with E-state index in [4.69, 9.17) is 9.47 Å². The lowest BCUT2D eigenvalue weighted by molar-refractivity contribution is 0.0929. The first-order chi connectivity index (χ1) is 9.77. The summed E-state index contributed by atoms with van der Waals surface area (Å²) < 4.78 is 23.9. The fourth-order valence-electron chi connectivity index (χ4n) is 1.97. The normalized spacial score (nSPS) is 11.4. The molecule has 20 heavy (non-hydrogen) atoms. The molecular weight excluding hydrogens is 271 g/mol. The summed E-state index contributed by atoms with van der Waals surface area (Å²) in [4.78, 5) is 0. The van der Waals surface area contributed by atoms with Gasteiger partial charge < -0.3 is 14.0 Å². The van der Waals surface area contributed by atoms with Gasteiger partial charge in [0, 0.05) is 17.7 Å². The van der Waals surface area contributed by atoms with Gasteiger partial charge in [0.05, 0.1) is 13.2 Å². The Kier molecular flexibility index (Phi) is 5.54. The maximum atomic E-state index is 13.4. The number of methoxy groups -OCH3 is 1. The van der Waals surface area contributed by atoms with Gasteiger partial charge in [0.25, 0.3) is 0 Å². The Bertz CT molecular complexity index is 511. The molecule has 0 aliphatic rings. The van der Waals surface area contributed by atoms with Crippen LogP contribution in [0.4, 0.5) is 0 Å². The maximum Gasteiger partial charge on any atom is 0.167 e. The largest absolute Gasteiger partial charge is 0.382 e. The van der Waals surface area contributed by atoms with Crippen LogP contribution in [0.15, 0.2) is 60.7 Å². The molecule has 2 rings (SSSR count). The van der Waals surface area contributed by atoms with E-state index < -0.39 is 7.14 Å². The van der Waals surface area contributed by atoms with Crippen LogP contribution in [0.25, 0.3) is 0 Å². The van der Waals surface area contributed by atoms with Gasteiger partial charge >= 0.3 is 0 Å². The molecule has 0 atom stereocenters. The third-order valence-electron chi connectivity index (χ3n) is 3.05. The van der Waals surface area contributed by atoms with Gasteiger partial charge in [-0.2, -0.15) is 0 Å². The van der Waals surface area contributed by atoms with Crippen molar-refractivity contribution in [2.45, 2.75) is 0 Å². The van der Waals surface area contributed by atoms with Crippen LogP contribution < -0.4 is 10.6 Å². The van der Waals surface area contributed by atoms with Crippen molar-refractivity contribution >= 4 is 17.8 Å². The third-order valence-corrected chi connectivity index (χ3v) is 5.86. The molecule has 0 amide bonds. The van der Waals surface area contributed by atoms with Crippen molar-refractivity contribution in [2.75, 3.05) is 26.7 Å². The van der Waals surface area contributed by atoms with E-state index in [0.717, 1.165) is 10.6 Å². The van der Waals surface area contributed by atoms with Crippen LogP contribution in [0.3, 0.4) is 0 Å². The third kappa shape index (κ3) is 3.57. The van der Waals surface area contributed by atoms with E-state index in [1.54, 1.807) is 7.11 Å². The Hall–Kier alpha value is -1.41. The number of rotatable bonds is 7. The Morgan fingerprint density at radius 3 is 1.80 bits per heavy atom. The molecule has 0 saturated carbocycles. The zero-order chi connectivity index (χ0) is 14.3. The van der Waals surface area contributed by atoms with Crippen LogP contribution in [-0.4, -0.2) is 26.7 Å². The minimum absolute atomic E-state index is 0.199. The van der Waals surface area contributed by atoms with E-state index in [1.807, 2.05) is 60.7 Å². The quantitative estimate of drug-likeness (QED) is 0.581. The summed E-state index contributed by atoms with van der Waals surface area (Å²) in [6.07, 6.45) is 0.199. The van der Waals surface area contributed by atoms with Crippen molar-refractivity contribution in [3.05, 3.63) is 60.7 Å². The summed E-state index contributed by atoms with van der Waals surface area (Å²) in [6, 6.07) is 19.0. The van der Waals surface area contributed by atoms with Crippen LogP contribution >= 0.6 is 7.14 Å². The predicted octanol–water partition coefficient (Wildman–Crippen LogP) is 2.62. The average Bonchev–Trinajstić information content (AvgIpc) is 2.53. The average molecular weight is 290 g/mol. The van der Waals surface area contributed by atoms with Crippen LogP contribution in [0, 0.1) is 0 Å². The van der Waals surface area contributed by atoms with E-state index in [0.29, 0.717) is 13.2 Å². The molecule has 3 nitrogen and oxygen atoms in total. The molecule has 0 aliphatic heterocycles. The molecule has 0 fully saturated rings. The van der Waals surface area contributed by atoms with Crippen molar-refractivity contribution in [1.82, 2.24) is 0 Å². The predicted molar refractivity (Wildman–Crippen MR) is 82.5 cm³/mol. The summed E-state index contributed by atoms with van der Waals surface area (Å²) in [5, 5.41) is 1.65. The highest BCUT2D eigenvalue weighted by atomic mass is 31.2. The van der Waals surface area contributed by atoms with Crippen molar-refractivity contribution in [2.24, 2.45) is 0 Å². The van der Waals surface area contributed by atoms with Crippen molar-refractivity contribution < 1.29 is 14.0 Å². The highest BCUT2D eigenvalue weighted by molar-refractivity contribution is 7.78. The molecule has 0 N–H and O–H groups in total. The zero-order valence-corrected chi connectivity index (χ0v) is 12.5. The molecule has 0 saturated heterocycles. The minimum Gasteiger partial charge on any atom is -0.382 e. The van der Waals surface area contributed by atoms with E-state index in [9.17, 15) is 4.57 Å². The minimum atomic E-state index is -2.74. The Balaban J connectivity index is 2.27. The summed E-state index contributed by atoms with van der Waals surface area (Å²) in [7, 11) is -1.12. The topological polar surface area (TPSA) is 35.5 Å². The number of ether oxygens (including phenoxy) is 2. The zero-order valence-electron chi connectivity index (χ0n) is 11.6. The first-order valence-electron chi connectivity index (χ1n) is 6.54. The van der Waals surface area contributed by atoms with Crippen molar-refractivity contribution in [3.8, 4) is 0 Å². The Morgan fingerprint density at radius 1 is 0.850 bits per heavy atom. The van der Waals surface area contributed by atoms with Crippen LogP contribution in [-0.2, 0) is 14.0 Å². The van der Waals surface area contributed by atoms with Crippen LogP contribution in [0.1, 0.15) is 0 Å². The second kappa shape index (κ2) is 7.39. The second-order valence-corrected chi connectivity index (χ2v) is 7.21. The van der Waals surface area contributed by atoms with Gasteiger partial charge in [0.2, 0.25) is 0 Å². The lowest BCUT2D eigenvalue weighted by Gasteiger charge is -2.19. The van der Waals surface area contributed by atoms with Crippen molar-refractivity contribution in [1.29, 1.82) is 0 Å². The van der Waals surface area contributed by atoms with Gasteiger partial charge in [-0.15, -0.1) is 0 Å². The number of benzene rings is 2. The van der Waals surface area contributed by atoms with Gasteiger partial charge in [-0.1, -0.05) is 60.7 Å². The smallest absolute Gasteiger partial charge is 0.167 e. The molecule has 2 aromatic rings. The SMILES string of the molecule is COCCOCP(=O)(c1ccccc1)c1ccccc1. The summed E-state index contributed by atoms with van der Waals surface area (Å²) >= 11 is 0. The maximum absolute atomic E-state index is 13.4. The van der Waals surface area contributed by atoms with Crippen LogP contribution in [0.2, 0.25) is 0 Å². The summed E-state index contributed by atoms with van der Waals surface area (Å²) in [6.45, 7) is 0.948. The summed E-state index contributed by atoms with van der Waals surface area (Å²) in [5.74, 6) is 0. The van der Waals surface area contributed by atoms with E-state index in [2.05, 4.69) is 0 Å². The molecule has 2 aromatic carbocycles. The molecule has 0 bridgehead atoms. The van der Waals surface area contributed by atoms with Gasteiger partial charge in [-0.25, -0.2) is 0 Å². The monoisotopic (exact) mass is 290 g/mol. The number of hydrogen-bond donors (Lipinski definition) is 0. The fourth-order valence-corrected chi connectivity index (χ4v) is 4.26. The van der Waals surface area contributed by atoms with Gasteiger partial charge in [0.1, 0.15) is 6.35 Å². The molecule has 0 radical (unpaired) electrons. The molecule has 0 aliphatic carbocycles. The van der Waals surface area contributed by atoms with Gasteiger partial charge in [-0.05, 0) is 0 Å². The molecule has 106 valence electrons. The molecular formula is C16H19O3P. The molecule has 0 spiro atoms. The number of hydrogen-bond acceptors (Lipinski definition) is 3. The van der Waals surface area contributed by atoms with Crippen molar-refractivity contribution in [3.63, 3.8) is 0 Å². The lowest BCUT2D eigenvalue weighted by atomic mass is 10.4. The fraction of sp³-hybridized carbons (Fsp3) is 0.250. The highest BCUT2D eigenvalue weighted by Gasteiger charge is 2.27. The van der Waals surface area contributed by atoms with Gasteiger partial charge in [-0.3, -0.25) is 0 Å². The Labute approximate surface area is 119 Å². The van der Waals surface area contributed by atoms with Gasteiger partial charge in [0.15, 0.2) is 7.14 Å². The first-order valence-corrected chi connectivity index (χ1v) is 8.43. The summed E-state index contributed by atoms with van der Waals surface area (Å²) in [5.41, 5.74) is 0. The first kappa shape index (κ1) is 15.0. The van der Waals surface area contributed by atoms with E-state index in [1.165, 1.54) is 0 Å². The molecule has 0 aromatic heterocycles. The molecule has 0 unspecified atom stereocenters. The van der Waals surface area contributed by atoms with Crippen LogP contribution in [0.5, 0.6) is 0 Å².